The van der Waals surface area contributed by atoms with Gasteiger partial charge in [0, 0.05) is 11.5 Å². The van der Waals surface area contributed by atoms with E-state index in [0.717, 1.165) is 33.4 Å². The van der Waals surface area contributed by atoms with E-state index in [2.05, 4.69) is 11.9 Å². The number of aromatic nitrogens is 2. The number of hydrogen-bond acceptors (Lipinski definition) is 6. The number of aliphatic hydroxyl groups is 1. The quantitative estimate of drug-likeness (QED) is 0.171. The molecule has 2 amide bonds. The molecule has 0 radical (unpaired) electrons. The van der Waals surface area contributed by atoms with Gasteiger partial charge in [0.15, 0.2) is 11.4 Å². The second-order valence-electron chi connectivity index (χ2n) is 11.8. The molecule has 8 nitrogen and oxygen atoms in total. The maximum atomic E-state index is 13.1. The molecule has 4 atom stereocenters. The Morgan fingerprint density at radius 2 is 1.40 bits per heavy atom. The molecule has 5 aromatic rings. The Balaban J connectivity index is 1.15. The Bertz CT molecular complexity index is 1910. The van der Waals surface area contributed by atoms with Gasteiger partial charge < -0.3 is 19.1 Å². The number of aliphatic hydroxyl groups excluding tert-OH is 1. The van der Waals surface area contributed by atoms with Crippen LogP contribution in [0, 0.1) is 5.92 Å². The van der Waals surface area contributed by atoms with Gasteiger partial charge >= 0.3 is 0 Å². The van der Waals surface area contributed by atoms with Gasteiger partial charge in [-0.2, -0.15) is 0 Å². The molecule has 0 spiro atoms. The smallest absolute Gasteiger partial charge is 0.261 e. The van der Waals surface area contributed by atoms with Crippen molar-refractivity contribution in [3.05, 3.63) is 147 Å². The molecule has 0 unspecified atom stereocenters. The van der Waals surface area contributed by atoms with Gasteiger partial charge in [-0.25, -0.2) is 4.98 Å². The lowest BCUT2D eigenvalue weighted by Gasteiger charge is -2.41. The molecule has 0 aliphatic carbocycles. The molecule has 7 rings (SSSR count). The highest BCUT2D eigenvalue weighted by atomic mass is 35.5. The fraction of sp³-hybridized carbons (Fsp3) is 0.216. The number of imide groups is 1. The predicted octanol–water partition coefficient (Wildman–Crippen LogP) is 7.64. The number of nitrogens with zero attached hydrogens (tertiary/aromatic N) is 3. The number of carbonyl (C=O) groups is 2. The lowest BCUT2D eigenvalue weighted by Crippen LogP contribution is -2.39. The highest BCUT2D eigenvalue weighted by Gasteiger charge is 2.39. The summed E-state index contributed by atoms with van der Waals surface area (Å²) in [6.07, 6.45) is 0.326. The molecule has 1 fully saturated rings. The lowest BCUT2D eigenvalue weighted by atomic mass is 9.90. The van der Waals surface area contributed by atoms with Crippen LogP contribution in [-0.4, -0.2) is 37.5 Å². The zero-order valence-corrected chi connectivity index (χ0v) is 26.9. The molecule has 3 heterocycles. The maximum Gasteiger partial charge on any atom is 0.261 e. The number of benzene rings is 4. The molecule has 10 heteroatoms. The minimum Gasteiger partial charge on any atom is -0.392 e. The number of amides is 2. The van der Waals surface area contributed by atoms with E-state index in [1.54, 1.807) is 35.2 Å². The number of imidazole rings is 1. The summed E-state index contributed by atoms with van der Waals surface area (Å²) in [7, 11) is 0. The van der Waals surface area contributed by atoms with Gasteiger partial charge in [-0.15, -0.1) is 0 Å². The Morgan fingerprint density at radius 3 is 2.02 bits per heavy atom. The van der Waals surface area contributed by atoms with Crippen LogP contribution < -0.4 is 0 Å². The van der Waals surface area contributed by atoms with Crippen LogP contribution in [-0.2, 0) is 29.2 Å². The molecule has 1 aromatic heterocycles. The highest BCUT2D eigenvalue weighted by Crippen LogP contribution is 2.43. The van der Waals surface area contributed by atoms with E-state index in [1.807, 2.05) is 72.8 Å². The van der Waals surface area contributed by atoms with Crippen LogP contribution in [0.5, 0.6) is 0 Å². The van der Waals surface area contributed by atoms with Crippen LogP contribution in [0.15, 0.2) is 103 Å². The first kappa shape index (κ1) is 31.3. The minimum atomic E-state index is -0.681. The Kier molecular flexibility index (Phi) is 8.70. The van der Waals surface area contributed by atoms with Crippen LogP contribution in [0.4, 0.5) is 0 Å². The van der Waals surface area contributed by atoms with Crippen LogP contribution in [0.1, 0.15) is 62.3 Å². The number of fused-ring (bicyclic) bond motifs is 1. The van der Waals surface area contributed by atoms with Crippen molar-refractivity contribution in [2.24, 2.45) is 5.92 Å². The highest BCUT2D eigenvalue weighted by molar-refractivity contribution is 6.40. The van der Waals surface area contributed by atoms with Gasteiger partial charge in [0.05, 0.1) is 49.4 Å². The Hall–Kier alpha value is -4.31. The zero-order chi connectivity index (χ0) is 32.7. The molecule has 4 aromatic carbocycles. The van der Waals surface area contributed by atoms with E-state index in [4.69, 9.17) is 32.7 Å². The first-order valence-electron chi connectivity index (χ1n) is 15.3. The van der Waals surface area contributed by atoms with E-state index in [9.17, 15) is 14.7 Å². The second kappa shape index (κ2) is 13.1. The standard InChI is InChI=1S/C37H31Cl2N3O5/c1-22-31(19-41-21-40-33(38)34(41)39)46-37(47-32(22)25-12-10-23(20-43)11-13-25)26-16-14-24(15-17-26)28-7-3-2-6-27(28)18-42-35(44)29-8-4-5-9-30(29)36(42)45/h2-17,21-22,31-32,37,43H,18-20H2,1H3/t22-,31+,32+,37+/m0/s1. The summed E-state index contributed by atoms with van der Waals surface area (Å²) in [6.45, 7) is 2.63. The van der Waals surface area contributed by atoms with Gasteiger partial charge in [-0.3, -0.25) is 14.5 Å². The van der Waals surface area contributed by atoms with Crippen molar-refractivity contribution in [1.82, 2.24) is 14.5 Å². The molecule has 0 saturated carbocycles. The summed E-state index contributed by atoms with van der Waals surface area (Å²) < 4.78 is 14.9. The van der Waals surface area contributed by atoms with Crippen LogP contribution in [0.2, 0.25) is 10.3 Å². The first-order valence-corrected chi connectivity index (χ1v) is 16.1. The fourth-order valence-electron chi connectivity index (χ4n) is 6.30. The van der Waals surface area contributed by atoms with Crippen molar-refractivity contribution in [2.45, 2.75) is 45.1 Å². The van der Waals surface area contributed by atoms with Gasteiger partial charge in [-0.1, -0.05) is 115 Å². The predicted molar refractivity (Wildman–Crippen MR) is 178 cm³/mol. The van der Waals surface area contributed by atoms with Crippen LogP contribution in [0.25, 0.3) is 11.1 Å². The number of halogens is 2. The molecule has 2 aliphatic heterocycles. The molecule has 1 saturated heterocycles. The average Bonchev–Trinajstić information content (AvgIpc) is 3.55. The third-order valence-electron chi connectivity index (χ3n) is 8.95. The Morgan fingerprint density at radius 1 is 0.787 bits per heavy atom. The number of ether oxygens (including phenoxy) is 2. The molecule has 2 aliphatic rings. The summed E-state index contributed by atoms with van der Waals surface area (Å²) in [4.78, 5) is 31.6. The number of hydrogen-bond donors (Lipinski definition) is 1. The fourth-order valence-corrected chi connectivity index (χ4v) is 6.62. The molecule has 47 heavy (non-hydrogen) atoms. The number of rotatable bonds is 8. The van der Waals surface area contributed by atoms with E-state index in [1.165, 1.54) is 4.90 Å². The SMILES string of the molecule is C[C@H]1[C@@H](Cn2cnc(Cl)c2Cl)O[C@@H](c2ccc(-c3ccccc3CN3C(=O)c4ccccc4C3=O)cc2)O[C@H]1c1ccc(CO)cc1. The van der Waals surface area contributed by atoms with E-state index < -0.39 is 6.29 Å². The average molecular weight is 669 g/mol. The monoisotopic (exact) mass is 667 g/mol. The van der Waals surface area contributed by atoms with E-state index >= 15 is 0 Å². The normalized spacial score (nSPS) is 20.9. The summed E-state index contributed by atoms with van der Waals surface area (Å²) in [5.74, 6) is -0.631. The van der Waals surface area contributed by atoms with E-state index in [-0.39, 0.29) is 48.2 Å². The minimum absolute atomic E-state index is 0.0383. The topological polar surface area (TPSA) is 93.9 Å². The van der Waals surface area contributed by atoms with Crippen LogP contribution in [0.3, 0.4) is 0 Å². The second-order valence-corrected chi connectivity index (χ2v) is 12.5. The molecule has 1 N–H and O–H groups in total. The van der Waals surface area contributed by atoms with Crippen molar-refractivity contribution < 1.29 is 24.2 Å². The van der Waals surface area contributed by atoms with Crippen molar-refractivity contribution in [2.75, 3.05) is 0 Å². The summed E-state index contributed by atoms with van der Waals surface area (Å²) in [5, 5.41) is 10.1. The molecular weight excluding hydrogens is 637 g/mol. The van der Waals surface area contributed by atoms with Crippen molar-refractivity contribution in [1.29, 1.82) is 0 Å². The third kappa shape index (κ3) is 5.99. The van der Waals surface area contributed by atoms with E-state index in [0.29, 0.717) is 22.8 Å². The van der Waals surface area contributed by atoms with Crippen molar-refractivity contribution >= 4 is 35.0 Å². The maximum absolute atomic E-state index is 13.1. The summed E-state index contributed by atoms with van der Waals surface area (Å²) in [5.41, 5.74) is 6.19. The molecule has 238 valence electrons. The van der Waals surface area contributed by atoms with Crippen LogP contribution >= 0.6 is 23.2 Å². The van der Waals surface area contributed by atoms with Crippen molar-refractivity contribution in [3.8, 4) is 11.1 Å². The van der Waals surface area contributed by atoms with Gasteiger partial charge in [-0.05, 0) is 39.9 Å². The van der Waals surface area contributed by atoms with Gasteiger partial charge in [0.1, 0.15) is 5.15 Å². The lowest BCUT2D eigenvalue weighted by molar-refractivity contribution is -0.276. The van der Waals surface area contributed by atoms with Crippen molar-refractivity contribution in [3.63, 3.8) is 0 Å². The molecule has 0 bridgehead atoms. The Labute approximate surface area is 282 Å². The largest absolute Gasteiger partial charge is 0.392 e. The first-order chi connectivity index (χ1) is 22.8. The van der Waals surface area contributed by atoms with Gasteiger partial charge in [0.25, 0.3) is 11.8 Å². The number of carbonyl (C=O) groups excluding carboxylic acids is 2. The summed E-state index contributed by atoms with van der Waals surface area (Å²) in [6, 6.07) is 30.3. The molecular formula is C37H31Cl2N3O5. The van der Waals surface area contributed by atoms with Gasteiger partial charge in [0.2, 0.25) is 0 Å². The zero-order valence-electron chi connectivity index (χ0n) is 25.4. The summed E-state index contributed by atoms with van der Waals surface area (Å²) >= 11 is 12.5. The third-order valence-corrected chi connectivity index (χ3v) is 9.72.